The fourth-order valence-electron chi connectivity index (χ4n) is 1.79. The van der Waals surface area contributed by atoms with Crippen molar-refractivity contribution in [1.82, 2.24) is 4.90 Å². The van der Waals surface area contributed by atoms with Crippen LogP contribution >= 0.6 is 11.3 Å². The van der Waals surface area contributed by atoms with Crippen LogP contribution in [0.3, 0.4) is 0 Å². The van der Waals surface area contributed by atoms with Crippen LogP contribution in [0.5, 0.6) is 0 Å². The number of thiophene rings is 1. The van der Waals surface area contributed by atoms with Crippen molar-refractivity contribution in [2.75, 3.05) is 20.3 Å². The molecule has 1 aromatic heterocycles. The van der Waals surface area contributed by atoms with E-state index in [1.54, 1.807) is 7.11 Å². The first kappa shape index (κ1) is 14.2. The van der Waals surface area contributed by atoms with E-state index in [-0.39, 0.29) is 6.04 Å². The standard InChI is InChI=1S/C12H19NO3S/c1-4-13(9(2)8-16-3)7-10-5-6-17-11(10)12(14)15/h5-6,9H,4,7-8H2,1-3H3,(H,14,15). The Morgan fingerprint density at radius 3 is 2.88 bits per heavy atom. The van der Waals surface area contributed by atoms with E-state index < -0.39 is 5.97 Å². The molecule has 4 nitrogen and oxygen atoms in total. The molecule has 0 amide bonds. The number of nitrogens with zero attached hydrogens (tertiary/aromatic N) is 1. The number of aromatic carboxylic acids is 1. The zero-order chi connectivity index (χ0) is 12.8. The Bertz CT molecular complexity index is 364. The van der Waals surface area contributed by atoms with Gasteiger partial charge in [0.15, 0.2) is 0 Å². The summed E-state index contributed by atoms with van der Waals surface area (Å²) < 4.78 is 5.13. The number of carbonyl (C=O) groups is 1. The van der Waals surface area contributed by atoms with Crippen molar-refractivity contribution in [3.63, 3.8) is 0 Å². The van der Waals surface area contributed by atoms with Crippen molar-refractivity contribution in [1.29, 1.82) is 0 Å². The van der Waals surface area contributed by atoms with Crippen LogP contribution in [0.25, 0.3) is 0 Å². The minimum Gasteiger partial charge on any atom is -0.477 e. The van der Waals surface area contributed by atoms with E-state index in [0.29, 0.717) is 18.0 Å². The number of hydrogen-bond acceptors (Lipinski definition) is 4. The molecule has 5 heteroatoms. The van der Waals surface area contributed by atoms with Crippen LogP contribution < -0.4 is 0 Å². The molecule has 1 rings (SSSR count). The normalized spacial score (nSPS) is 12.9. The summed E-state index contributed by atoms with van der Waals surface area (Å²) in [6.45, 7) is 6.34. The molecule has 1 heterocycles. The number of carboxylic acid groups (broad SMARTS) is 1. The number of likely N-dealkylation sites (N-methyl/N-ethyl adjacent to an activating group) is 1. The van der Waals surface area contributed by atoms with E-state index in [9.17, 15) is 4.79 Å². The van der Waals surface area contributed by atoms with E-state index in [1.807, 2.05) is 11.4 Å². The Labute approximate surface area is 106 Å². The van der Waals surface area contributed by atoms with E-state index in [4.69, 9.17) is 9.84 Å². The van der Waals surface area contributed by atoms with E-state index in [0.717, 1.165) is 12.1 Å². The predicted octanol–water partition coefficient (Wildman–Crippen LogP) is 2.30. The molecule has 0 aliphatic carbocycles. The third kappa shape index (κ3) is 3.80. The van der Waals surface area contributed by atoms with Crippen LogP contribution in [-0.4, -0.2) is 42.3 Å². The predicted molar refractivity (Wildman–Crippen MR) is 68.7 cm³/mol. The molecule has 0 aliphatic heterocycles. The van der Waals surface area contributed by atoms with Crippen LogP contribution in [0.15, 0.2) is 11.4 Å². The fourth-order valence-corrected chi connectivity index (χ4v) is 2.55. The molecule has 1 unspecified atom stereocenters. The molecule has 0 aromatic carbocycles. The zero-order valence-electron chi connectivity index (χ0n) is 10.5. The lowest BCUT2D eigenvalue weighted by molar-refractivity contribution is 0.0696. The van der Waals surface area contributed by atoms with Gasteiger partial charge in [-0.3, -0.25) is 4.90 Å². The lowest BCUT2D eigenvalue weighted by Gasteiger charge is -2.27. The maximum atomic E-state index is 11.0. The molecular weight excluding hydrogens is 238 g/mol. The summed E-state index contributed by atoms with van der Waals surface area (Å²) in [6.07, 6.45) is 0. The Morgan fingerprint density at radius 1 is 1.65 bits per heavy atom. The van der Waals surface area contributed by atoms with Crippen LogP contribution in [-0.2, 0) is 11.3 Å². The summed E-state index contributed by atoms with van der Waals surface area (Å²) >= 11 is 1.28. The number of hydrogen-bond donors (Lipinski definition) is 1. The van der Waals surface area contributed by atoms with E-state index in [1.165, 1.54) is 11.3 Å². The highest BCUT2D eigenvalue weighted by atomic mass is 32.1. The van der Waals surface area contributed by atoms with E-state index in [2.05, 4.69) is 18.7 Å². The maximum Gasteiger partial charge on any atom is 0.346 e. The molecule has 0 fully saturated rings. The van der Waals surface area contributed by atoms with E-state index >= 15 is 0 Å². The Balaban J connectivity index is 2.73. The molecular formula is C12H19NO3S. The van der Waals surface area contributed by atoms with Gasteiger partial charge in [-0.2, -0.15) is 0 Å². The van der Waals surface area contributed by atoms with Gasteiger partial charge in [0.2, 0.25) is 0 Å². The third-order valence-electron chi connectivity index (χ3n) is 2.75. The van der Waals surface area contributed by atoms with Gasteiger partial charge in [-0.25, -0.2) is 4.79 Å². The molecule has 0 bridgehead atoms. The van der Waals surface area contributed by atoms with Crippen molar-refractivity contribution >= 4 is 17.3 Å². The summed E-state index contributed by atoms with van der Waals surface area (Å²) in [5, 5.41) is 10.9. The molecule has 1 aromatic rings. The molecule has 0 saturated carbocycles. The number of rotatable bonds is 7. The second kappa shape index (κ2) is 6.74. The first-order valence-corrected chi connectivity index (χ1v) is 6.50. The minimum absolute atomic E-state index is 0.284. The zero-order valence-corrected chi connectivity index (χ0v) is 11.3. The van der Waals surface area contributed by atoms with Gasteiger partial charge in [0, 0.05) is 19.7 Å². The molecule has 96 valence electrons. The lowest BCUT2D eigenvalue weighted by Crippen LogP contribution is -2.35. The van der Waals surface area contributed by atoms with Gasteiger partial charge in [0.05, 0.1) is 6.61 Å². The third-order valence-corrected chi connectivity index (χ3v) is 3.70. The first-order valence-electron chi connectivity index (χ1n) is 5.62. The summed E-state index contributed by atoms with van der Waals surface area (Å²) in [6, 6.07) is 2.17. The molecule has 0 saturated heterocycles. The first-order chi connectivity index (χ1) is 8.10. The van der Waals surface area contributed by atoms with Gasteiger partial charge < -0.3 is 9.84 Å². The highest BCUT2D eigenvalue weighted by Gasteiger charge is 2.17. The van der Waals surface area contributed by atoms with Crippen molar-refractivity contribution in [3.8, 4) is 0 Å². The van der Waals surface area contributed by atoms with Crippen LogP contribution in [0.1, 0.15) is 29.1 Å². The smallest absolute Gasteiger partial charge is 0.346 e. The molecule has 0 aliphatic rings. The lowest BCUT2D eigenvalue weighted by atomic mass is 10.2. The second-order valence-electron chi connectivity index (χ2n) is 3.95. The quantitative estimate of drug-likeness (QED) is 0.814. The van der Waals surface area contributed by atoms with Crippen LogP contribution in [0.4, 0.5) is 0 Å². The molecule has 0 spiro atoms. The van der Waals surface area contributed by atoms with Crippen molar-refractivity contribution in [3.05, 3.63) is 21.9 Å². The molecule has 0 radical (unpaired) electrons. The minimum atomic E-state index is -0.842. The average Bonchev–Trinajstić information content (AvgIpc) is 2.74. The molecule has 1 N–H and O–H groups in total. The van der Waals surface area contributed by atoms with Gasteiger partial charge in [-0.15, -0.1) is 11.3 Å². The average molecular weight is 257 g/mol. The molecule has 17 heavy (non-hydrogen) atoms. The van der Waals surface area contributed by atoms with Gasteiger partial charge >= 0.3 is 5.97 Å². The Morgan fingerprint density at radius 2 is 2.35 bits per heavy atom. The van der Waals surface area contributed by atoms with Gasteiger partial charge in [-0.1, -0.05) is 6.92 Å². The summed E-state index contributed by atoms with van der Waals surface area (Å²) in [7, 11) is 1.68. The summed E-state index contributed by atoms with van der Waals surface area (Å²) in [4.78, 5) is 13.7. The number of carboxylic acids is 1. The topological polar surface area (TPSA) is 49.8 Å². The Kier molecular flexibility index (Phi) is 5.61. The second-order valence-corrected chi connectivity index (χ2v) is 4.86. The summed E-state index contributed by atoms with van der Waals surface area (Å²) in [5.41, 5.74) is 0.882. The molecule has 1 atom stereocenters. The Hall–Kier alpha value is -0.910. The summed E-state index contributed by atoms with van der Waals surface area (Å²) in [5.74, 6) is -0.842. The van der Waals surface area contributed by atoms with Gasteiger partial charge in [-0.05, 0) is 30.5 Å². The fraction of sp³-hybridized carbons (Fsp3) is 0.583. The maximum absolute atomic E-state index is 11.0. The monoisotopic (exact) mass is 257 g/mol. The van der Waals surface area contributed by atoms with Crippen molar-refractivity contribution in [2.45, 2.75) is 26.4 Å². The van der Waals surface area contributed by atoms with Crippen LogP contribution in [0, 0.1) is 0 Å². The number of ether oxygens (including phenoxy) is 1. The van der Waals surface area contributed by atoms with Gasteiger partial charge in [0.25, 0.3) is 0 Å². The SMILES string of the molecule is CCN(Cc1ccsc1C(=O)O)C(C)COC. The number of methoxy groups -OCH3 is 1. The van der Waals surface area contributed by atoms with Gasteiger partial charge in [0.1, 0.15) is 4.88 Å². The largest absolute Gasteiger partial charge is 0.477 e. The van der Waals surface area contributed by atoms with Crippen LogP contribution in [0.2, 0.25) is 0 Å². The highest BCUT2D eigenvalue weighted by molar-refractivity contribution is 7.12. The van der Waals surface area contributed by atoms with Crippen molar-refractivity contribution in [2.24, 2.45) is 0 Å². The highest BCUT2D eigenvalue weighted by Crippen LogP contribution is 2.19. The van der Waals surface area contributed by atoms with Crippen molar-refractivity contribution < 1.29 is 14.6 Å².